The molecule has 1 aliphatic heterocycles. The highest BCUT2D eigenvalue weighted by molar-refractivity contribution is 7.89. The molecule has 146 valence electrons. The molecule has 2 heterocycles. The van der Waals surface area contributed by atoms with Crippen LogP contribution in [-0.2, 0) is 34.2 Å². The minimum Gasteiger partial charge on any atom is -0.461 e. The van der Waals surface area contributed by atoms with Crippen molar-refractivity contribution in [3.05, 3.63) is 59.4 Å². The van der Waals surface area contributed by atoms with Crippen molar-refractivity contribution in [2.45, 2.75) is 37.6 Å². The second-order valence-corrected chi connectivity index (χ2v) is 9.03. The number of hydrogen-bond donors (Lipinski definition) is 1. The van der Waals surface area contributed by atoms with Crippen molar-refractivity contribution in [2.24, 2.45) is 0 Å². The average molecular weight is 398 g/mol. The van der Waals surface area contributed by atoms with Gasteiger partial charge in [0.2, 0.25) is 15.9 Å². The summed E-state index contributed by atoms with van der Waals surface area (Å²) in [6, 6.07) is 12.5. The number of anilines is 1. The monoisotopic (exact) mass is 398 g/mol. The lowest BCUT2D eigenvalue weighted by atomic mass is 10.0. The highest BCUT2D eigenvalue weighted by Crippen LogP contribution is 2.30. The van der Waals surface area contributed by atoms with Gasteiger partial charge in [-0.2, -0.15) is 4.31 Å². The lowest BCUT2D eigenvalue weighted by Crippen LogP contribution is -2.27. The Hall–Kier alpha value is -2.64. The third-order valence-corrected chi connectivity index (χ3v) is 6.96. The zero-order chi connectivity index (χ0) is 19.9. The summed E-state index contributed by atoms with van der Waals surface area (Å²) in [6.45, 7) is 2.23. The molecule has 0 fully saturated rings. The second-order valence-electron chi connectivity index (χ2n) is 6.98. The topological polar surface area (TPSA) is 79.6 Å². The normalized spacial score (nSPS) is 14.3. The SMILES string of the molecule is CCc1oc2ccccc2c1CN(C)S(=O)(=O)c1ccc2c(c1)CCC(=O)N2. The third-order valence-electron chi connectivity index (χ3n) is 5.16. The number of carbonyl (C=O) groups is 1. The van der Waals surface area contributed by atoms with Gasteiger partial charge in [0.05, 0.1) is 4.90 Å². The number of nitrogens with zero attached hydrogens (tertiary/aromatic N) is 1. The first kappa shape index (κ1) is 18.7. The van der Waals surface area contributed by atoms with Gasteiger partial charge in [-0.1, -0.05) is 25.1 Å². The molecule has 7 heteroatoms. The molecule has 0 saturated heterocycles. The fraction of sp³-hybridized carbons (Fsp3) is 0.286. The Kier molecular flexibility index (Phi) is 4.72. The Labute approximate surface area is 164 Å². The summed E-state index contributed by atoms with van der Waals surface area (Å²) >= 11 is 0. The van der Waals surface area contributed by atoms with Crippen molar-refractivity contribution >= 4 is 32.6 Å². The number of aryl methyl sites for hydroxylation is 2. The van der Waals surface area contributed by atoms with Gasteiger partial charge in [-0.3, -0.25) is 4.79 Å². The number of para-hydroxylation sites is 1. The van der Waals surface area contributed by atoms with Gasteiger partial charge in [0.1, 0.15) is 11.3 Å². The standard InChI is InChI=1S/C21H22N2O4S/c1-3-19-17(16-6-4-5-7-20(16)27-19)13-23(2)28(25,26)15-9-10-18-14(12-15)8-11-21(24)22-18/h4-7,9-10,12H,3,8,11,13H2,1-2H3,(H,22,24). The van der Waals surface area contributed by atoms with Crippen LogP contribution in [0.5, 0.6) is 0 Å². The van der Waals surface area contributed by atoms with Crippen molar-refractivity contribution in [1.82, 2.24) is 4.31 Å². The maximum Gasteiger partial charge on any atom is 0.243 e. The van der Waals surface area contributed by atoms with E-state index in [-0.39, 0.29) is 17.3 Å². The van der Waals surface area contributed by atoms with Crippen molar-refractivity contribution in [3.63, 3.8) is 0 Å². The summed E-state index contributed by atoms with van der Waals surface area (Å²) in [5.74, 6) is 0.760. The first-order valence-corrected chi connectivity index (χ1v) is 10.7. The molecule has 4 rings (SSSR count). The van der Waals surface area contributed by atoms with Gasteiger partial charge in [-0.15, -0.1) is 0 Å². The number of benzene rings is 2. The lowest BCUT2D eigenvalue weighted by Gasteiger charge is -2.21. The molecule has 0 unspecified atom stereocenters. The molecule has 0 saturated carbocycles. The summed E-state index contributed by atoms with van der Waals surface area (Å²) in [7, 11) is -2.10. The van der Waals surface area contributed by atoms with E-state index in [4.69, 9.17) is 4.42 Å². The number of sulfonamides is 1. The molecule has 1 aromatic heterocycles. The van der Waals surface area contributed by atoms with Crippen molar-refractivity contribution < 1.29 is 17.6 Å². The summed E-state index contributed by atoms with van der Waals surface area (Å²) < 4.78 is 33.5. The summed E-state index contributed by atoms with van der Waals surface area (Å²) in [5, 5.41) is 3.72. The van der Waals surface area contributed by atoms with Crippen LogP contribution in [0.3, 0.4) is 0 Å². The number of carbonyl (C=O) groups excluding carboxylic acids is 1. The molecule has 0 spiro atoms. The first-order chi connectivity index (χ1) is 13.4. The smallest absolute Gasteiger partial charge is 0.243 e. The molecule has 1 aliphatic rings. The molecule has 6 nitrogen and oxygen atoms in total. The molecule has 0 bridgehead atoms. The fourth-order valence-corrected chi connectivity index (χ4v) is 4.81. The number of rotatable bonds is 5. The summed E-state index contributed by atoms with van der Waals surface area (Å²) in [6.07, 6.45) is 1.60. The molecule has 0 atom stereocenters. The van der Waals surface area contributed by atoms with Crippen molar-refractivity contribution in [3.8, 4) is 0 Å². The van der Waals surface area contributed by atoms with E-state index in [1.165, 1.54) is 4.31 Å². The average Bonchev–Trinajstić information content (AvgIpc) is 3.05. The lowest BCUT2D eigenvalue weighted by molar-refractivity contribution is -0.116. The molecule has 0 aliphatic carbocycles. The maximum absolute atomic E-state index is 13.2. The maximum atomic E-state index is 13.2. The van der Waals surface area contributed by atoms with Crippen molar-refractivity contribution in [1.29, 1.82) is 0 Å². The van der Waals surface area contributed by atoms with Gasteiger partial charge >= 0.3 is 0 Å². The largest absolute Gasteiger partial charge is 0.461 e. The molecule has 0 radical (unpaired) electrons. The van der Waals surface area contributed by atoms with E-state index in [0.29, 0.717) is 24.9 Å². The fourth-order valence-electron chi connectivity index (χ4n) is 3.62. The molecule has 2 aromatic carbocycles. The zero-order valence-electron chi connectivity index (χ0n) is 15.9. The predicted molar refractivity (Wildman–Crippen MR) is 108 cm³/mol. The van der Waals surface area contributed by atoms with E-state index in [1.807, 2.05) is 31.2 Å². The van der Waals surface area contributed by atoms with Gasteiger partial charge in [0, 0.05) is 43.1 Å². The quantitative estimate of drug-likeness (QED) is 0.711. The molecule has 1 amide bonds. The minimum absolute atomic E-state index is 0.0424. The van der Waals surface area contributed by atoms with Crippen LogP contribution in [-0.4, -0.2) is 25.7 Å². The first-order valence-electron chi connectivity index (χ1n) is 9.28. The van der Waals surface area contributed by atoms with Gasteiger partial charge < -0.3 is 9.73 Å². The Morgan fingerprint density at radius 1 is 1.14 bits per heavy atom. The molecule has 1 N–H and O–H groups in total. The second kappa shape index (κ2) is 7.07. The van der Waals surface area contributed by atoms with E-state index in [1.54, 1.807) is 25.2 Å². The highest BCUT2D eigenvalue weighted by Gasteiger charge is 2.26. The van der Waals surface area contributed by atoms with Crippen LogP contribution in [0.15, 0.2) is 51.8 Å². The summed E-state index contributed by atoms with van der Waals surface area (Å²) in [5.41, 5.74) is 3.20. The van der Waals surface area contributed by atoms with Crippen LogP contribution in [0, 0.1) is 0 Å². The number of furan rings is 1. The minimum atomic E-state index is -3.68. The van der Waals surface area contributed by atoms with Crippen LogP contribution in [0.25, 0.3) is 11.0 Å². The molecular weight excluding hydrogens is 376 g/mol. The van der Waals surface area contributed by atoms with Gasteiger partial charge in [-0.25, -0.2) is 8.42 Å². The molecule has 3 aromatic rings. The Balaban J connectivity index is 1.67. The molecular formula is C21H22N2O4S. The van der Waals surface area contributed by atoms with Crippen LogP contribution in [0.1, 0.15) is 30.2 Å². The predicted octanol–water partition coefficient (Wildman–Crippen LogP) is 3.70. The Morgan fingerprint density at radius 2 is 1.93 bits per heavy atom. The third kappa shape index (κ3) is 3.21. The van der Waals surface area contributed by atoms with Crippen LogP contribution >= 0.6 is 0 Å². The van der Waals surface area contributed by atoms with Gasteiger partial charge in [0.25, 0.3) is 0 Å². The Bertz CT molecular complexity index is 1160. The van der Waals surface area contributed by atoms with Crippen molar-refractivity contribution in [2.75, 3.05) is 12.4 Å². The van der Waals surface area contributed by atoms with Crippen LogP contribution < -0.4 is 5.32 Å². The Morgan fingerprint density at radius 3 is 2.71 bits per heavy atom. The van der Waals surface area contributed by atoms with E-state index in [0.717, 1.165) is 27.9 Å². The van der Waals surface area contributed by atoms with E-state index < -0.39 is 10.0 Å². The van der Waals surface area contributed by atoms with E-state index in [9.17, 15) is 13.2 Å². The van der Waals surface area contributed by atoms with Crippen LogP contribution in [0.4, 0.5) is 5.69 Å². The van der Waals surface area contributed by atoms with E-state index in [2.05, 4.69) is 5.32 Å². The number of amides is 1. The zero-order valence-corrected chi connectivity index (χ0v) is 16.7. The number of nitrogens with one attached hydrogen (secondary N) is 1. The van der Waals surface area contributed by atoms with Gasteiger partial charge in [0.15, 0.2) is 0 Å². The van der Waals surface area contributed by atoms with Crippen LogP contribution in [0.2, 0.25) is 0 Å². The molecule has 28 heavy (non-hydrogen) atoms. The highest BCUT2D eigenvalue weighted by atomic mass is 32.2. The summed E-state index contributed by atoms with van der Waals surface area (Å²) in [4.78, 5) is 11.7. The number of hydrogen-bond acceptors (Lipinski definition) is 4. The number of fused-ring (bicyclic) bond motifs is 2. The van der Waals surface area contributed by atoms with Gasteiger partial charge in [-0.05, 0) is 36.2 Å². The van der Waals surface area contributed by atoms with E-state index >= 15 is 0 Å².